The fourth-order valence-electron chi connectivity index (χ4n) is 2.75. The van der Waals surface area contributed by atoms with E-state index in [0.29, 0.717) is 12.5 Å². The van der Waals surface area contributed by atoms with E-state index in [0.717, 1.165) is 30.9 Å². The first-order valence-electron chi connectivity index (χ1n) is 7.48. The highest BCUT2D eigenvalue weighted by molar-refractivity contribution is 5.77. The maximum absolute atomic E-state index is 13.3. The van der Waals surface area contributed by atoms with E-state index in [1.807, 2.05) is 6.07 Å². The van der Waals surface area contributed by atoms with Crippen molar-refractivity contribution < 1.29 is 4.39 Å². The molecule has 3 nitrogen and oxygen atoms in total. The standard InChI is InChI=1S/C16H22FN3/c17-14-6-2-5-13(9-14)16(7-8-16)11-20-15(18)19-10-12-3-1-4-12/h2,5-6,9,12H,1,3-4,7-8,10-11H2,(H3,18,19,20). The van der Waals surface area contributed by atoms with Crippen molar-refractivity contribution in [3.63, 3.8) is 0 Å². The second-order valence-electron chi connectivity index (χ2n) is 6.17. The summed E-state index contributed by atoms with van der Waals surface area (Å²) in [5.74, 6) is 1.12. The normalized spacial score (nSPS) is 21.4. The number of benzene rings is 1. The SMILES string of the molecule is NC(=NCC1(c2cccc(F)c2)CC1)NCC1CCC1. The smallest absolute Gasteiger partial charge is 0.188 e. The molecule has 2 aliphatic rings. The maximum atomic E-state index is 13.3. The number of nitrogens with zero attached hydrogens (tertiary/aromatic N) is 1. The average Bonchev–Trinajstić information content (AvgIpc) is 3.16. The Labute approximate surface area is 119 Å². The van der Waals surface area contributed by atoms with Crippen molar-refractivity contribution in [2.24, 2.45) is 16.6 Å². The van der Waals surface area contributed by atoms with E-state index in [1.165, 1.54) is 25.3 Å². The van der Waals surface area contributed by atoms with Crippen LogP contribution >= 0.6 is 0 Å². The van der Waals surface area contributed by atoms with E-state index < -0.39 is 0 Å². The fourth-order valence-corrected chi connectivity index (χ4v) is 2.75. The van der Waals surface area contributed by atoms with E-state index in [1.54, 1.807) is 12.1 Å². The third-order valence-electron chi connectivity index (χ3n) is 4.64. The van der Waals surface area contributed by atoms with Gasteiger partial charge >= 0.3 is 0 Å². The molecule has 2 aliphatic carbocycles. The molecule has 1 aromatic carbocycles. The minimum atomic E-state index is -0.172. The number of aliphatic imine (C=N–C) groups is 1. The summed E-state index contributed by atoms with van der Waals surface area (Å²) in [7, 11) is 0. The van der Waals surface area contributed by atoms with Crippen molar-refractivity contribution in [2.45, 2.75) is 37.5 Å². The van der Waals surface area contributed by atoms with E-state index in [9.17, 15) is 4.39 Å². The number of hydrogen-bond donors (Lipinski definition) is 2. The van der Waals surface area contributed by atoms with E-state index in [-0.39, 0.29) is 11.2 Å². The molecule has 0 aromatic heterocycles. The lowest BCUT2D eigenvalue weighted by Gasteiger charge is -2.25. The second kappa shape index (κ2) is 5.43. The van der Waals surface area contributed by atoms with Gasteiger partial charge in [0.05, 0.1) is 6.54 Å². The van der Waals surface area contributed by atoms with Gasteiger partial charge in [-0.15, -0.1) is 0 Å². The third kappa shape index (κ3) is 2.94. The summed E-state index contributed by atoms with van der Waals surface area (Å²) in [5.41, 5.74) is 6.98. The van der Waals surface area contributed by atoms with Gasteiger partial charge in [0.2, 0.25) is 0 Å². The molecule has 20 heavy (non-hydrogen) atoms. The summed E-state index contributed by atoms with van der Waals surface area (Å²) < 4.78 is 13.3. The van der Waals surface area contributed by atoms with Gasteiger partial charge in [0.15, 0.2) is 5.96 Å². The maximum Gasteiger partial charge on any atom is 0.188 e. The van der Waals surface area contributed by atoms with Crippen LogP contribution in [0, 0.1) is 11.7 Å². The monoisotopic (exact) mass is 275 g/mol. The van der Waals surface area contributed by atoms with Crippen LogP contribution in [0.2, 0.25) is 0 Å². The zero-order valence-corrected chi connectivity index (χ0v) is 11.7. The first-order valence-corrected chi connectivity index (χ1v) is 7.48. The first-order chi connectivity index (χ1) is 9.68. The topological polar surface area (TPSA) is 50.4 Å². The summed E-state index contributed by atoms with van der Waals surface area (Å²) in [4.78, 5) is 4.46. The van der Waals surface area contributed by atoms with E-state index >= 15 is 0 Å². The van der Waals surface area contributed by atoms with Crippen LogP contribution in [0.15, 0.2) is 29.3 Å². The van der Waals surface area contributed by atoms with Gasteiger partial charge < -0.3 is 11.1 Å². The molecule has 1 aromatic rings. The van der Waals surface area contributed by atoms with Crippen LogP contribution in [0.1, 0.15) is 37.7 Å². The van der Waals surface area contributed by atoms with Crippen molar-refractivity contribution in [1.82, 2.24) is 5.32 Å². The van der Waals surface area contributed by atoms with E-state index in [2.05, 4.69) is 10.3 Å². The van der Waals surface area contributed by atoms with Crippen molar-refractivity contribution in [3.8, 4) is 0 Å². The molecule has 0 heterocycles. The van der Waals surface area contributed by atoms with Crippen LogP contribution in [-0.4, -0.2) is 19.0 Å². The Kier molecular flexibility index (Phi) is 3.64. The molecule has 0 aliphatic heterocycles. The molecular formula is C16H22FN3. The summed E-state index contributed by atoms with van der Waals surface area (Å²) in [6, 6.07) is 6.87. The van der Waals surface area contributed by atoms with Crippen LogP contribution in [0.3, 0.4) is 0 Å². The second-order valence-corrected chi connectivity index (χ2v) is 6.17. The quantitative estimate of drug-likeness (QED) is 0.641. The van der Waals surface area contributed by atoms with Gasteiger partial charge in [0.1, 0.15) is 5.82 Å². The molecule has 0 saturated heterocycles. The Morgan fingerprint density at radius 2 is 2.20 bits per heavy atom. The Balaban J connectivity index is 1.56. The lowest BCUT2D eigenvalue weighted by molar-refractivity contribution is 0.315. The van der Waals surface area contributed by atoms with Crippen LogP contribution in [0.4, 0.5) is 4.39 Å². The zero-order valence-electron chi connectivity index (χ0n) is 11.7. The van der Waals surface area contributed by atoms with Crippen molar-refractivity contribution in [3.05, 3.63) is 35.6 Å². The molecule has 0 atom stereocenters. The Bertz CT molecular complexity index is 504. The van der Waals surface area contributed by atoms with Crippen LogP contribution < -0.4 is 11.1 Å². The molecule has 2 fully saturated rings. The van der Waals surface area contributed by atoms with Gasteiger partial charge in [-0.3, -0.25) is 4.99 Å². The van der Waals surface area contributed by atoms with Gasteiger partial charge in [0.25, 0.3) is 0 Å². The molecule has 3 N–H and O–H groups in total. The molecule has 0 unspecified atom stereocenters. The molecule has 0 amide bonds. The molecule has 0 spiro atoms. The predicted octanol–water partition coefficient (Wildman–Crippen LogP) is 2.56. The number of hydrogen-bond acceptors (Lipinski definition) is 1. The molecule has 0 radical (unpaired) electrons. The number of halogens is 1. The third-order valence-corrected chi connectivity index (χ3v) is 4.64. The lowest BCUT2D eigenvalue weighted by atomic mass is 9.85. The predicted molar refractivity (Wildman–Crippen MR) is 79.1 cm³/mol. The fraction of sp³-hybridized carbons (Fsp3) is 0.562. The summed E-state index contributed by atoms with van der Waals surface area (Å²) in [5, 5.41) is 3.20. The van der Waals surface area contributed by atoms with E-state index in [4.69, 9.17) is 5.73 Å². The summed E-state index contributed by atoms with van der Waals surface area (Å²) in [6.07, 6.45) is 6.07. The minimum Gasteiger partial charge on any atom is -0.370 e. The number of rotatable bonds is 5. The molecule has 0 bridgehead atoms. The Morgan fingerprint density at radius 3 is 2.80 bits per heavy atom. The highest BCUT2D eigenvalue weighted by Crippen LogP contribution is 2.48. The highest BCUT2D eigenvalue weighted by atomic mass is 19.1. The van der Waals surface area contributed by atoms with Gasteiger partial charge in [-0.1, -0.05) is 18.6 Å². The summed E-state index contributed by atoms with van der Waals surface area (Å²) >= 11 is 0. The van der Waals surface area contributed by atoms with Gasteiger partial charge in [-0.2, -0.15) is 0 Å². The average molecular weight is 275 g/mol. The zero-order chi connectivity index (χ0) is 14.0. The van der Waals surface area contributed by atoms with Crippen LogP contribution in [0.5, 0.6) is 0 Å². The molecule has 4 heteroatoms. The minimum absolute atomic E-state index is 0.0187. The van der Waals surface area contributed by atoms with Crippen LogP contribution in [-0.2, 0) is 5.41 Å². The Morgan fingerprint density at radius 1 is 1.40 bits per heavy atom. The Hall–Kier alpha value is -1.58. The summed E-state index contributed by atoms with van der Waals surface area (Å²) in [6.45, 7) is 1.59. The van der Waals surface area contributed by atoms with Gasteiger partial charge in [-0.25, -0.2) is 4.39 Å². The van der Waals surface area contributed by atoms with Gasteiger partial charge in [-0.05, 0) is 49.3 Å². The first kappa shape index (κ1) is 13.4. The van der Waals surface area contributed by atoms with Gasteiger partial charge in [0, 0.05) is 12.0 Å². The van der Waals surface area contributed by atoms with Crippen LogP contribution in [0.25, 0.3) is 0 Å². The molecular weight excluding hydrogens is 253 g/mol. The lowest BCUT2D eigenvalue weighted by Crippen LogP contribution is -2.37. The largest absolute Gasteiger partial charge is 0.370 e. The number of guanidine groups is 1. The van der Waals surface area contributed by atoms with Crippen molar-refractivity contribution in [2.75, 3.05) is 13.1 Å². The number of nitrogens with one attached hydrogen (secondary N) is 1. The number of nitrogens with two attached hydrogens (primary N) is 1. The molecule has 108 valence electrons. The van der Waals surface area contributed by atoms with Crippen molar-refractivity contribution >= 4 is 5.96 Å². The van der Waals surface area contributed by atoms with Crippen molar-refractivity contribution in [1.29, 1.82) is 0 Å². The molecule has 3 rings (SSSR count). The highest BCUT2D eigenvalue weighted by Gasteiger charge is 2.44. The molecule has 2 saturated carbocycles.